The van der Waals surface area contributed by atoms with Crippen LogP contribution in [0.5, 0.6) is 0 Å². The van der Waals surface area contributed by atoms with Crippen LogP contribution in [0.2, 0.25) is 0 Å². The second-order valence-electron chi connectivity index (χ2n) is 4.31. The lowest BCUT2D eigenvalue weighted by molar-refractivity contribution is 0.207. The SMILES string of the molecule is CCN1C(=O)NCC1c1ccc2[nH]ccc2c1. The second kappa shape index (κ2) is 3.80. The maximum Gasteiger partial charge on any atom is 0.318 e. The molecule has 1 saturated heterocycles. The number of nitrogens with zero attached hydrogens (tertiary/aromatic N) is 1. The zero-order valence-corrected chi connectivity index (χ0v) is 9.73. The lowest BCUT2D eigenvalue weighted by Crippen LogP contribution is -2.29. The van der Waals surface area contributed by atoms with Crippen molar-refractivity contribution in [1.29, 1.82) is 0 Å². The van der Waals surface area contributed by atoms with Gasteiger partial charge in [0.1, 0.15) is 0 Å². The predicted molar refractivity (Wildman–Crippen MR) is 66.8 cm³/mol. The summed E-state index contributed by atoms with van der Waals surface area (Å²) < 4.78 is 0. The molecule has 4 nitrogen and oxygen atoms in total. The molecule has 3 rings (SSSR count). The number of amides is 2. The molecule has 88 valence electrons. The molecule has 2 N–H and O–H groups in total. The minimum absolute atomic E-state index is 0.0339. The fourth-order valence-electron chi connectivity index (χ4n) is 2.48. The van der Waals surface area contributed by atoms with E-state index in [1.165, 1.54) is 10.9 Å². The fraction of sp³-hybridized carbons (Fsp3) is 0.308. The van der Waals surface area contributed by atoms with E-state index < -0.39 is 0 Å². The van der Waals surface area contributed by atoms with Crippen LogP contribution in [0.25, 0.3) is 10.9 Å². The lowest BCUT2D eigenvalue weighted by Gasteiger charge is -2.21. The number of H-pyrrole nitrogens is 1. The van der Waals surface area contributed by atoms with Crippen molar-refractivity contribution in [2.24, 2.45) is 0 Å². The summed E-state index contributed by atoms with van der Waals surface area (Å²) in [6, 6.07) is 8.56. The molecule has 1 unspecified atom stereocenters. The number of carbonyl (C=O) groups excluding carboxylic acids is 1. The van der Waals surface area contributed by atoms with Gasteiger partial charge in [-0.1, -0.05) is 6.07 Å². The average Bonchev–Trinajstić information content (AvgIpc) is 2.93. The number of urea groups is 1. The van der Waals surface area contributed by atoms with Crippen LogP contribution in [-0.2, 0) is 0 Å². The van der Waals surface area contributed by atoms with Crippen molar-refractivity contribution >= 4 is 16.9 Å². The lowest BCUT2D eigenvalue weighted by atomic mass is 10.0. The van der Waals surface area contributed by atoms with Gasteiger partial charge in [-0.2, -0.15) is 0 Å². The summed E-state index contributed by atoms with van der Waals surface area (Å²) in [6.45, 7) is 3.44. The number of nitrogens with one attached hydrogen (secondary N) is 2. The Kier molecular flexibility index (Phi) is 2.28. The number of fused-ring (bicyclic) bond motifs is 1. The number of rotatable bonds is 2. The first-order chi connectivity index (χ1) is 8.29. The maximum absolute atomic E-state index is 11.6. The van der Waals surface area contributed by atoms with E-state index in [0.29, 0.717) is 6.54 Å². The quantitative estimate of drug-likeness (QED) is 0.815. The molecule has 2 amide bonds. The first-order valence-corrected chi connectivity index (χ1v) is 5.91. The molecule has 1 fully saturated rings. The van der Waals surface area contributed by atoms with Crippen molar-refractivity contribution in [3.8, 4) is 0 Å². The number of carbonyl (C=O) groups is 1. The number of aromatic amines is 1. The molecule has 1 aliphatic heterocycles. The Morgan fingerprint density at radius 2 is 2.29 bits per heavy atom. The number of aromatic nitrogens is 1. The zero-order chi connectivity index (χ0) is 11.8. The fourth-order valence-corrected chi connectivity index (χ4v) is 2.48. The van der Waals surface area contributed by atoms with Gasteiger partial charge in [0.05, 0.1) is 6.04 Å². The van der Waals surface area contributed by atoms with Crippen molar-refractivity contribution in [1.82, 2.24) is 15.2 Å². The van der Waals surface area contributed by atoms with Gasteiger partial charge in [0, 0.05) is 24.8 Å². The summed E-state index contributed by atoms with van der Waals surface area (Å²) in [5.74, 6) is 0. The molecule has 4 heteroatoms. The van der Waals surface area contributed by atoms with Crippen molar-refractivity contribution in [3.05, 3.63) is 36.0 Å². The Morgan fingerprint density at radius 1 is 1.41 bits per heavy atom. The van der Waals surface area contributed by atoms with E-state index in [9.17, 15) is 4.79 Å². The maximum atomic E-state index is 11.6. The van der Waals surface area contributed by atoms with Crippen LogP contribution < -0.4 is 5.32 Å². The van der Waals surface area contributed by atoms with Gasteiger partial charge in [0.2, 0.25) is 0 Å². The van der Waals surface area contributed by atoms with Crippen molar-refractivity contribution in [2.45, 2.75) is 13.0 Å². The second-order valence-corrected chi connectivity index (χ2v) is 4.31. The molecule has 17 heavy (non-hydrogen) atoms. The molecular formula is C13H15N3O. The van der Waals surface area contributed by atoms with Gasteiger partial charge in [0.15, 0.2) is 0 Å². The third-order valence-corrected chi connectivity index (χ3v) is 3.39. The minimum atomic E-state index is 0.0339. The van der Waals surface area contributed by atoms with Gasteiger partial charge in [0.25, 0.3) is 0 Å². The predicted octanol–water partition coefficient (Wildman–Crippen LogP) is 2.25. The van der Waals surface area contributed by atoms with Crippen LogP contribution in [0.3, 0.4) is 0 Å². The Labute approximate surface area is 99.6 Å². The Balaban J connectivity index is 2.00. The monoisotopic (exact) mass is 229 g/mol. The Hall–Kier alpha value is -1.97. The minimum Gasteiger partial charge on any atom is -0.361 e. The first kappa shape index (κ1) is 10.2. The Bertz CT molecular complexity index is 561. The van der Waals surface area contributed by atoms with Gasteiger partial charge >= 0.3 is 6.03 Å². The van der Waals surface area contributed by atoms with E-state index in [2.05, 4.69) is 34.6 Å². The Morgan fingerprint density at radius 3 is 3.12 bits per heavy atom. The van der Waals surface area contributed by atoms with Crippen molar-refractivity contribution < 1.29 is 4.79 Å². The van der Waals surface area contributed by atoms with E-state index in [1.54, 1.807) is 0 Å². The molecule has 0 bridgehead atoms. The molecule has 0 spiro atoms. The summed E-state index contributed by atoms with van der Waals surface area (Å²) >= 11 is 0. The van der Waals surface area contributed by atoms with Gasteiger partial charge in [-0.3, -0.25) is 0 Å². The first-order valence-electron chi connectivity index (χ1n) is 5.91. The van der Waals surface area contributed by atoms with Gasteiger partial charge in [-0.15, -0.1) is 0 Å². The molecule has 2 heterocycles. The molecule has 0 saturated carbocycles. The van der Waals surface area contributed by atoms with Crippen LogP contribution in [0.4, 0.5) is 4.79 Å². The van der Waals surface area contributed by atoms with Crippen molar-refractivity contribution in [3.63, 3.8) is 0 Å². The van der Waals surface area contributed by atoms with Crippen LogP contribution in [0, 0.1) is 0 Å². The average molecular weight is 229 g/mol. The highest BCUT2D eigenvalue weighted by molar-refractivity contribution is 5.81. The summed E-state index contributed by atoms with van der Waals surface area (Å²) in [5, 5.41) is 4.08. The summed E-state index contributed by atoms with van der Waals surface area (Å²) in [5.41, 5.74) is 2.33. The van der Waals surface area contributed by atoms with E-state index in [1.807, 2.05) is 18.0 Å². The largest absolute Gasteiger partial charge is 0.361 e. The number of hydrogen-bond donors (Lipinski definition) is 2. The zero-order valence-electron chi connectivity index (χ0n) is 9.73. The third kappa shape index (κ3) is 1.56. The smallest absolute Gasteiger partial charge is 0.318 e. The van der Waals surface area contributed by atoms with Gasteiger partial charge in [-0.25, -0.2) is 4.79 Å². The normalized spacial score (nSPS) is 19.9. The highest BCUT2D eigenvalue weighted by Gasteiger charge is 2.30. The number of hydrogen-bond acceptors (Lipinski definition) is 1. The highest BCUT2D eigenvalue weighted by Crippen LogP contribution is 2.26. The molecule has 0 radical (unpaired) electrons. The van der Waals surface area contributed by atoms with E-state index in [-0.39, 0.29) is 12.1 Å². The van der Waals surface area contributed by atoms with E-state index in [4.69, 9.17) is 0 Å². The molecule has 1 aliphatic rings. The topological polar surface area (TPSA) is 48.1 Å². The third-order valence-electron chi connectivity index (χ3n) is 3.39. The van der Waals surface area contributed by atoms with Crippen LogP contribution in [0.1, 0.15) is 18.5 Å². The molecule has 1 aromatic heterocycles. The van der Waals surface area contributed by atoms with Crippen LogP contribution in [-0.4, -0.2) is 29.0 Å². The van der Waals surface area contributed by atoms with Crippen molar-refractivity contribution in [2.75, 3.05) is 13.1 Å². The van der Waals surface area contributed by atoms with Crippen LogP contribution in [0.15, 0.2) is 30.5 Å². The summed E-state index contributed by atoms with van der Waals surface area (Å²) in [4.78, 5) is 16.7. The molecule has 0 aliphatic carbocycles. The summed E-state index contributed by atoms with van der Waals surface area (Å²) in [6.07, 6.45) is 1.93. The van der Waals surface area contributed by atoms with E-state index >= 15 is 0 Å². The van der Waals surface area contributed by atoms with Gasteiger partial charge < -0.3 is 15.2 Å². The standard InChI is InChI=1S/C13H15N3O/c1-2-16-12(8-15-13(16)17)10-3-4-11-9(7-10)5-6-14-11/h3-7,12,14H,2,8H2,1H3,(H,15,17). The van der Waals surface area contributed by atoms with E-state index in [0.717, 1.165) is 12.1 Å². The molecule has 1 aromatic carbocycles. The van der Waals surface area contributed by atoms with Gasteiger partial charge in [-0.05, 0) is 36.1 Å². The summed E-state index contributed by atoms with van der Waals surface area (Å²) in [7, 11) is 0. The highest BCUT2D eigenvalue weighted by atomic mass is 16.2. The molecule has 2 aromatic rings. The number of benzene rings is 1. The molecule has 1 atom stereocenters. The molecular weight excluding hydrogens is 214 g/mol. The van der Waals surface area contributed by atoms with Crippen LogP contribution >= 0.6 is 0 Å². The number of likely N-dealkylation sites (N-methyl/N-ethyl adjacent to an activating group) is 1.